The lowest BCUT2D eigenvalue weighted by Crippen LogP contribution is -2.59. The number of ether oxygens (including phenoxy) is 4. The summed E-state index contributed by atoms with van der Waals surface area (Å²) in [5.74, 6) is -5.67. The third kappa shape index (κ3) is 4.95. The number of nitrogens with zero attached hydrogens (tertiary/aromatic N) is 1. The zero-order chi connectivity index (χ0) is 31.3. The van der Waals surface area contributed by atoms with Crippen LogP contribution in [0.1, 0.15) is 59.3 Å². The molecule has 7 atom stereocenters. The number of allylic oxidation sites excluding steroid dienone is 1. The third-order valence-corrected chi connectivity index (χ3v) is 9.34. The number of ketones is 1. The summed E-state index contributed by atoms with van der Waals surface area (Å²) in [5.41, 5.74) is -7.54. The van der Waals surface area contributed by atoms with Crippen molar-refractivity contribution in [3.8, 4) is 0 Å². The molecule has 4 fully saturated rings. The fraction of sp³-hybridized carbons (Fsp3) is 0.690. The zero-order valence-corrected chi connectivity index (χ0v) is 24.3. The number of fused-ring (bicyclic) bond motifs is 3. The molecule has 0 amide bonds. The Bertz CT molecular complexity index is 1230. The fourth-order valence-corrected chi connectivity index (χ4v) is 6.92. The Hall–Kier alpha value is -3.13. The van der Waals surface area contributed by atoms with E-state index >= 15 is 0 Å². The lowest BCUT2D eigenvalue weighted by atomic mass is 9.69. The Kier molecular flexibility index (Phi) is 8.46. The van der Waals surface area contributed by atoms with Crippen molar-refractivity contribution < 1.29 is 58.2 Å². The molecule has 13 heteroatoms. The lowest BCUT2D eigenvalue weighted by Gasteiger charge is -2.42. The molecule has 0 aliphatic carbocycles. The lowest BCUT2D eigenvalue weighted by molar-refractivity contribution is -0.194. The maximum Gasteiger partial charge on any atom is 0.337 e. The highest BCUT2D eigenvalue weighted by Gasteiger charge is 2.69. The van der Waals surface area contributed by atoms with E-state index in [1.165, 1.54) is 13.0 Å². The first-order valence-electron chi connectivity index (χ1n) is 14.0. The first kappa shape index (κ1) is 31.8. The average molecular weight is 594 g/mol. The van der Waals surface area contributed by atoms with Gasteiger partial charge in [0, 0.05) is 19.4 Å². The number of carbonyl (C=O) groups excluding carboxylic acids is 4. The molecule has 0 saturated carbocycles. The summed E-state index contributed by atoms with van der Waals surface area (Å²) in [4.78, 5) is 66.5. The van der Waals surface area contributed by atoms with Crippen molar-refractivity contribution in [3.63, 3.8) is 0 Å². The summed E-state index contributed by atoms with van der Waals surface area (Å²) < 4.78 is 22.9. The van der Waals surface area contributed by atoms with Crippen molar-refractivity contribution in [1.29, 1.82) is 0 Å². The highest BCUT2D eigenvalue weighted by Crippen LogP contribution is 2.55. The van der Waals surface area contributed by atoms with E-state index in [2.05, 4.69) is 6.58 Å². The van der Waals surface area contributed by atoms with E-state index in [0.717, 1.165) is 7.11 Å². The van der Waals surface area contributed by atoms with Gasteiger partial charge in [0.2, 0.25) is 0 Å². The number of carboxylic acid groups (broad SMARTS) is 1. The SMILES string of the molecule is C=C(C(=O)OC)C12OC(C)(CCC3(O)/C(=C\C)C(=O)O[C@]3(C)C[C@@H]1OC(=O)C(CO)CN1CCCC1C(=O)O)CC2=O. The molecule has 4 saturated heterocycles. The van der Waals surface area contributed by atoms with Gasteiger partial charge >= 0.3 is 23.9 Å². The molecule has 4 aliphatic rings. The Labute approximate surface area is 243 Å². The van der Waals surface area contributed by atoms with Crippen LogP contribution in [0.2, 0.25) is 0 Å². The molecule has 4 rings (SSSR count). The van der Waals surface area contributed by atoms with Gasteiger partial charge in [0.1, 0.15) is 23.3 Å². The Morgan fingerprint density at radius 2 is 1.93 bits per heavy atom. The number of aliphatic hydroxyl groups is 2. The van der Waals surface area contributed by atoms with Crippen LogP contribution in [0.15, 0.2) is 23.8 Å². The number of Topliss-reactive ketones (excluding diaryl/α,β-unsaturated/α-hetero) is 1. The van der Waals surface area contributed by atoms with Crippen LogP contribution in [0.4, 0.5) is 0 Å². The normalized spacial score (nSPS) is 38.2. The fourth-order valence-electron chi connectivity index (χ4n) is 6.92. The highest BCUT2D eigenvalue weighted by atomic mass is 16.6. The number of hydrogen-bond donors (Lipinski definition) is 3. The van der Waals surface area contributed by atoms with Crippen LogP contribution in [0.3, 0.4) is 0 Å². The van der Waals surface area contributed by atoms with Gasteiger partial charge in [0.15, 0.2) is 11.4 Å². The Morgan fingerprint density at radius 3 is 2.52 bits per heavy atom. The maximum absolute atomic E-state index is 13.9. The molecule has 0 aromatic carbocycles. The number of carboxylic acids is 1. The minimum atomic E-state index is -2.26. The van der Waals surface area contributed by atoms with Gasteiger partial charge < -0.3 is 34.3 Å². The number of carbonyl (C=O) groups is 5. The first-order chi connectivity index (χ1) is 19.6. The van der Waals surface area contributed by atoms with Crippen LogP contribution in [-0.2, 0) is 42.9 Å². The highest BCUT2D eigenvalue weighted by molar-refractivity contribution is 6.05. The van der Waals surface area contributed by atoms with Gasteiger partial charge in [-0.25, -0.2) is 9.59 Å². The maximum atomic E-state index is 13.9. The second-order valence-corrected chi connectivity index (χ2v) is 12.0. The Balaban J connectivity index is 1.80. The van der Waals surface area contributed by atoms with E-state index in [4.69, 9.17) is 18.9 Å². The molecule has 232 valence electrons. The van der Waals surface area contributed by atoms with Crippen molar-refractivity contribution in [3.05, 3.63) is 23.8 Å². The second-order valence-electron chi connectivity index (χ2n) is 12.0. The van der Waals surface area contributed by atoms with Crippen LogP contribution >= 0.6 is 0 Å². The number of methoxy groups -OCH3 is 1. The number of likely N-dealkylation sites (tertiary alicyclic amines) is 1. The van der Waals surface area contributed by atoms with E-state index in [-0.39, 0.29) is 31.4 Å². The predicted octanol–water partition coefficient (Wildman–Crippen LogP) is 0.449. The summed E-state index contributed by atoms with van der Waals surface area (Å²) in [7, 11) is 1.09. The van der Waals surface area contributed by atoms with Crippen LogP contribution in [0.5, 0.6) is 0 Å². The van der Waals surface area contributed by atoms with Crippen LogP contribution in [0, 0.1) is 5.92 Å². The van der Waals surface area contributed by atoms with E-state index < -0.39 is 88.7 Å². The van der Waals surface area contributed by atoms with Gasteiger partial charge in [-0.2, -0.15) is 0 Å². The number of rotatable bonds is 8. The summed E-state index contributed by atoms with van der Waals surface area (Å²) >= 11 is 0. The van der Waals surface area contributed by atoms with E-state index in [1.807, 2.05) is 0 Å². The molecule has 3 N–H and O–H groups in total. The molecule has 4 aliphatic heterocycles. The smallest absolute Gasteiger partial charge is 0.337 e. The minimum absolute atomic E-state index is 0.00519. The standard InChI is InChI=1S/C29H39NO12/c1-6-18-25(37)41-27(4)13-21(40-24(36)17(15-31)14-30-11-7-8-19(30)22(33)34)29(16(2)23(35)39-5)20(32)12-26(3,42-29)9-10-28(18,27)38/h6,17,19,21,31,38H,2,7-15H2,1,3-5H3,(H,33,34)/b18-6-/t17?,19?,21-,26?,27+,28?,29?/m0/s1. The minimum Gasteiger partial charge on any atom is -0.480 e. The van der Waals surface area contributed by atoms with Crippen molar-refractivity contribution in [2.75, 3.05) is 26.8 Å². The van der Waals surface area contributed by atoms with Gasteiger partial charge in [-0.05, 0) is 53.0 Å². The first-order valence-corrected chi connectivity index (χ1v) is 14.0. The van der Waals surface area contributed by atoms with Gasteiger partial charge in [-0.15, -0.1) is 0 Å². The molecule has 0 aromatic rings. The monoisotopic (exact) mass is 593 g/mol. The van der Waals surface area contributed by atoms with Gasteiger partial charge in [-0.1, -0.05) is 12.7 Å². The molecule has 2 bridgehead atoms. The number of hydrogen-bond acceptors (Lipinski definition) is 12. The topological polar surface area (TPSA) is 186 Å². The van der Waals surface area contributed by atoms with Gasteiger partial charge in [-0.3, -0.25) is 19.3 Å². The molecule has 4 heterocycles. The third-order valence-electron chi connectivity index (χ3n) is 9.34. The quantitative estimate of drug-likeness (QED) is 0.200. The van der Waals surface area contributed by atoms with Crippen molar-refractivity contribution in [2.24, 2.45) is 5.92 Å². The van der Waals surface area contributed by atoms with E-state index in [9.17, 15) is 39.3 Å². The largest absolute Gasteiger partial charge is 0.480 e. The molecule has 0 spiro atoms. The van der Waals surface area contributed by atoms with Crippen molar-refractivity contribution in [2.45, 2.75) is 93.8 Å². The summed E-state index contributed by atoms with van der Waals surface area (Å²) in [5, 5.41) is 31.7. The molecular weight excluding hydrogens is 554 g/mol. The van der Waals surface area contributed by atoms with E-state index in [0.29, 0.717) is 19.4 Å². The number of aliphatic carboxylic acids is 1. The Morgan fingerprint density at radius 1 is 1.24 bits per heavy atom. The van der Waals surface area contributed by atoms with Crippen molar-refractivity contribution >= 4 is 29.7 Å². The molecule has 42 heavy (non-hydrogen) atoms. The average Bonchev–Trinajstić information content (AvgIpc) is 3.56. The van der Waals surface area contributed by atoms with E-state index in [1.54, 1.807) is 18.7 Å². The zero-order valence-electron chi connectivity index (χ0n) is 24.3. The van der Waals surface area contributed by atoms with Crippen molar-refractivity contribution in [1.82, 2.24) is 4.90 Å². The van der Waals surface area contributed by atoms with Crippen LogP contribution in [-0.4, -0.2) is 111 Å². The summed E-state index contributed by atoms with van der Waals surface area (Å²) in [6.45, 7) is 7.98. The molecule has 0 aromatic heterocycles. The summed E-state index contributed by atoms with van der Waals surface area (Å²) in [6.07, 6.45) is 0.0729. The van der Waals surface area contributed by atoms with Gasteiger partial charge in [0.25, 0.3) is 0 Å². The summed E-state index contributed by atoms with van der Waals surface area (Å²) in [6, 6.07) is -0.839. The van der Waals surface area contributed by atoms with Gasteiger partial charge in [0.05, 0.1) is 36.4 Å². The second kappa shape index (κ2) is 11.2. The predicted molar refractivity (Wildman–Crippen MR) is 143 cm³/mol. The van der Waals surface area contributed by atoms with Crippen LogP contribution in [0.25, 0.3) is 0 Å². The number of esters is 3. The molecule has 13 nitrogen and oxygen atoms in total. The molecule has 0 radical (unpaired) electrons. The molecular formula is C29H39NO12. The van der Waals surface area contributed by atoms with Crippen LogP contribution < -0.4 is 0 Å². The number of aliphatic hydroxyl groups excluding tert-OH is 1. The molecule has 5 unspecified atom stereocenters.